The maximum atomic E-state index is 13.3. The Hall–Kier alpha value is -3.36. The van der Waals surface area contributed by atoms with E-state index < -0.39 is 36.7 Å². The molecule has 176 valence electrons. The van der Waals surface area contributed by atoms with E-state index in [1.807, 2.05) is 18.2 Å². The predicted octanol–water partition coefficient (Wildman–Crippen LogP) is 2.83. The summed E-state index contributed by atoms with van der Waals surface area (Å²) < 4.78 is 25.4. The van der Waals surface area contributed by atoms with Gasteiger partial charge in [-0.1, -0.05) is 30.3 Å². The van der Waals surface area contributed by atoms with E-state index in [1.54, 1.807) is 30.6 Å². The van der Waals surface area contributed by atoms with Crippen molar-refractivity contribution in [2.75, 3.05) is 6.67 Å². The molecular weight excluding hydrogens is 430 g/mol. The molecule has 0 saturated carbocycles. The van der Waals surface area contributed by atoms with Crippen LogP contribution in [0, 0.1) is 0 Å². The van der Waals surface area contributed by atoms with Crippen molar-refractivity contribution >= 4 is 17.7 Å². The molecule has 3 N–H and O–H groups in total. The third kappa shape index (κ3) is 6.34. The summed E-state index contributed by atoms with van der Waals surface area (Å²) >= 11 is 0. The Bertz CT molecular complexity index is 973. The maximum Gasteiger partial charge on any atom is 0.247 e. The van der Waals surface area contributed by atoms with Gasteiger partial charge in [0.1, 0.15) is 18.3 Å². The smallest absolute Gasteiger partial charge is 0.247 e. The van der Waals surface area contributed by atoms with Gasteiger partial charge in [0.2, 0.25) is 17.7 Å². The quantitative estimate of drug-likeness (QED) is 0.510. The molecule has 1 aromatic heterocycles. The highest BCUT2D eigenvalue weighted by atomic mass is 19.1. The topological polar surface area (TPSA) is 100 Å². The minimum atomic E-state index is -1.27. The van der Waals surface area contributed by atoms with Crippen LogP contribution in [-0.4, -0.2) is 41.6 Å². The monoisotopic (exact) mass is 458 g/mol. The molecule has 1 aromatic carbocycles. The van der Waals surface area contributed by atoms with Gasteiger partial charge in [0, 0.05) is 25.2 Å². The van der Waals surface area contributed by atoms with Crippen molar-refractivity contribution in [3.63, 3.8) is 0 Å². The van der Waals surface area contributed by atoms with Crippen molar-refractivity contribution in [1.82, 2.24) is 20.9 Å². The summed E-state index contributed by atoms with van der Waals surface area (Å²) in [5.41, 5.74) is 2.34. The Morgan fingerprint density at radius 1 is 1.15 bits per heavy atom. The van der Waals surface area contributed by atoms with Gasteiger partial charge >= 0.3 is 0 Å². The summed E-state index contributed by atoms with van der Waals surface area (Å²) in [5.74, 6) is -1.29. The van der Waals surface area contributed by atoms with Gasteiger partial charge < -0.3 is 16.0 Å². The molecular formula is C24H28F2N4O3. The summed E-state index contributed by atoms with van der Waals surface area (Å²) in [4.78, 5) is 41.8. The van der Waals surface area contributed by atoms with E-state index in [4.69, 9.17) is 0 Å². The molecule has 0 spiro atoms. The molecule has 33 heavy (non-hydrogen) atoms. The highest BCUT2D eigenvalue weighted by Gasteiger charge is 2.35. The number of carbonyl (C=O) groups is 3. The van der Waals surface area contributed by atoms with Crippen LogP contribution in [0.15, 0.2) is 48.8 Å². The molecule has 3 unspecified atom stereocenters. The molecule has 3 rings (SSSR count). The van der Waals surface area contributed by atoms with Gasteiger partial charge in [0.05, 0.1) is 12.7 Å². The van der Waals surface area contributed by atoms with E-state index in [0.29, 0.717) is 5.56 Å². The molecule has 2 aromatic rings. The number of rotatable bonds is 10. The highest BCUT2D eigenvalue weighted by Crippen LogP contribution is 2.33. The van der Waals surface area contributed by atoms with E-state index in [0.717, 1.165) is 11.1 Å². The van der Waals surface area contributed by atoms with E-state index in [-0.39, 0.29) is 37.6 Å². The second-order valence-electron chi connectivity index (χ2n) is 8.05. The Labute approximate surface area is 191 Å². The first kappa shape index (κ1) is 24.3. The van der Waals surface area contributed by atoms with Crippen LogP contribution < -0.4 is 16.0 Å². The molecule has 0 bridgehead atoms. The largest absolute Gasteiger partial charge is 0.345 e. The van der Waals surface area contributed by atoms with Crippen LogP contribution in [0.5, 0.6) is 0 Å². The molecule has 2 heterocycles. The number of hydrogen-bond donors (Lipinski definition) is 3. The fourth-order valence-corrected chi connectivity index (χ4v) is 3.83. The van der Waals surface area contributed by atoms with Crippen LogP contribution in [-0.2, 0) is 14.4 Å². The average Bonchev–Trinajstić information content (AvgIpc) is 2.81. The number of nitrogens with zero attached hydrogens (tertiary/aromatic N) is 1. The zero-order valence-electron chi connectivity index (χ0n) is 18.4. The lowest BCUT2D eigenvalue weighted by Gasteiger charge is -2.33. The first-order valence-electron chi connectivity index (χ1n) is 11.0. The van der Waals surface area contributed by atoms with Crippen molar-refractivity contribution in [1.29, 1.82) is 0 Å². The number of hydrogen-bond acceptors (Lipinski definition) is 4. The Balaban J connectivity index is 1.61. The number of nitrogens with one attached hydrogen (secondary N) is 3. The summed E-state index contributed by atoms with van der Waals surface area (Å²) in [7, 11) is 0. The fourth-order valence-electron chi connectivity index (χ4n) is 3.83. The summed E-state index contributed by atoms with van der Waals surface area (Å²) in [6, 6.07) is 8.80. The van der Waals surface area contributed by atoms with Gasteiger partial charge in [-0.3, -0.25) is 23.8 Å². The normalized spacial score (nSPS) is 19.1. The number of alkyl halides is 2. The number of amides is 3. The standard InChI is InChI=1S/C24H28F2N4O3/c1-15(28-20(31)10-4-7-17(26)11-12-25)23(32)30-22-19-9-3-2-8-18(19)21(29-24(22)33)16-6-5-13-27-14-16/h2-3,5-6,8-9,13-15,17,21-22H,4,7,10-12H2,1H3,(H,28,31)(H,29,33)(H,30,32)/t15-,17?,21?,22?/m0/s1. The molecule has 1 aliphatic rings. The number of fused-ring (bicyclic) bond motifs is 1. The van der Waals surface area contributed by atoms with Gasteiger partial charge in [0.25, 0.3) is 0 Å². The van der Waals surface area contributed by atoms with Crippen molar-refractivity contribution in [2.45, 2.75) is 56.9 Å². The summed E-state index contributed by atoms with van der Waals surface area (Å²) in [6.45, 7) is 0.783. The van der Waals surface area contributed by atoms with Gasteiger partial charge in [0.15, 0.2) is 0 Å². The lowest BCUT2D eigenvalue weighted by atomic mass is 9.87. The predicted molar refractivity (Wildman–Crippen MR) is 118 cm³/mol. The second kappa shape index (κ2) is 11.5. The number of benzene rings is 1. The van der Waals surface area contributed by atoms with E-state index in [9.17, 15) is 23.2 Å². The minimum Gasteiger partial charge on any atom is -0.345 e. The molecule has 3 amide bonds. The van der Waals surface area contributed by atoms with E-state index in [2.05, 4.69) is 20.9 Å². The molecule has 0 saturated heterocycles. The van der Waals surface area contributed by atoms with Crippen molar-refractivity contribution in [3.05, 3.63) is 65.5 Å². The number of aromatic nitrogens is 1. The second-order valence-corrected chi connectivity index (χ2v) is 8.05. The Morgan fingerprint density at radius 3 is 2.61 bits per heavy atom. The molecule has 0 fully saturated rings. The van der Waals surface area contributed by atoms with Crippen LogP contribution in [0.2, 0.25) is 0 Å². The molecule has 0 radical (unpaired) electrons. The van der Waals surface area contributed by atoms with E-state index >= 15 is 0 Å². The maximum absolute atomic E-state index is 13.3. The fraction of sp³-hybridized carbons (Fsp3) is 0.417. The van der Waals surface area contributed by atoms with Crippen LogP contribution in [0.3, 0.4) is 0 Å². The number of halogens is 2. The number of carbonyl (C=O) groups excluding carboxylic acids is 3. The van der Waals surface area contributed by atoms with Crippen molar-refractivity contribution in [3.8, 4) is 0 Å². The molecule has 1 aliphatic heterocycles. The Morgan fingerprint density at radius 2 is 1.91 bits per heavy atom. The average molecular weight is 459 g/mol. The van der Waals surface area contributed by atoms with Gasteiger partial charge in [-0.25, -0.2) is 4.39 Å². The molecule has 9 heteroatoms. The molecule has 0 aliphatic carbocycles. The first-order chi connectivity index (χ1) is 15.9. The summed E-state index contributed by atoms with van der Waals surface area (Å²) in [5, 5.41) is 8.20. The van der Waals surface area contributed by atoms with Gasteiger partial charge in [-0.05, 0) is 42.5 Å². The van der Waals surface area contributed by atoms with Crippen LogP contribution >= 0.6 is 0 Å². The van der Waals surface area contributed by atoms with Crippen molar-refractivity contribution < 1.29 is 23.2 Å². The van der Waals surface area contributed by atoms with Crippen LogP contribution in [0.4, 0.5) is 8.78 Å². The van der Waals surface area contributed by atoms with E-state index in [1.165, 1.54) is 6.92 Å². The number of pyridine rings is 1. The first-order valence-corrected chi connectivity index (χ1v) is 11.0. The third-order valence-electron chi connectivity index (χ3n) is 5.59. The molecule has 7 nitrogen and oxygen atoms in total. The summed E-state index contributed by atoms with van der Waals surface area (Å²) in [6.07, 6.45) is 2.27. The van der Waals surface area contributed by atoms with Crippen molar-refractivity contribution in [2.24, 2.45) is 0 Å². The minimum absolute atomic E-state index is 0.0316. The third-order valence-corrected chi connectivity index (χ3v) is 5.59. The zero-order chi connectivity index (χ0) is 23.8. The highest BCUT2D eigenvalue weighted by molar-refractivity contribution is 5.93. The van der Waals surface area contributed by atoms with Crippen LogP contribution in [0.1, 0.15) is 61.4 Å². The SMILES string of the molecule is C[C@H](NC(=O)CCCC(F)CCF)C(=O)NC1C(=O)NC(c2cccnc2)c2ccccc21. The zero-order valence-corrected chi connectivity index (χ0v) is 18.4. The molecule has 4 atom stereocenters. The lowest BCUT2D eigenvalue weighted by Crippen LogP contribution is -2.51. The lowest BCUT2D eigenvalue weighted by molar-refractivity contribution is -0.132. The van der Waals surface area contributed by atoms with Gasteiger partial charge in [-0.15, -0.1) is 0 Å². The Kier molecular flexibility index (Phi) is 8.46. The van der Waals surface area contributed by atoms with Crippen LogP contribution in [0.25, 0.3) is 0 Å². The van der Waals surface area contributed by atoms with Gasteiger partial charge in [-0.2, -0.15) is 0 Å².